The average Bonchev–Trinajstić information content (AvgIpc) is 2.61. The van der Waals surface area contributed by atoms with E-state index in [-0.39, 0.29) is 68.6 Å². The van der Waals surface area contributed by atoms with Crippen molar-refractivity contribution in [1.29, 1.82) is 0 Å². The molecule has 0 rings (SSSR count). The molecule has 0 heterocycles. The SMILES string of the molecule is CCCCCCCCCCCCCCCCOC(=O)C(CC(=O)O)S(=O)(=O)O.[H-].[H-].[Na+].[Na+]. The van der Waals surface area contributed by atoms with Crippen LogP contribution < -0.4 is 59.1 Å². The van der Waals surface area contributed by atoms with Gasteiger partial charge in [0.1, 0.15) is 0 Å². The Hall–Kier alpha value is 0.850. The van der Waals surface area contributed by atoms with E-state index in [4.69, 9.17) is 14.4 Å². The molecule has 0 aliphatic rings. The van der Waals surface area contributed by atoms with Gasteiger partial charge in [-0.15, -0.1) is 0 Å². The number of carboxylic acid groups (broad SMARTS) is 1. The first-order valence-corrected chi connectivity index (χ1v) is 12.1. The molecule has 10 heteroatoms. The molecule has 2 N–H and O–H groups in total. The number of carbonyl (C=O) groups is 2. The Balaban J connectivity index is -0.000000607. The summed E-state index contributed by atoms with van der Waals surface area (Å²) in [5.41, 5.74) is 0. The molecule has 30 heavy (non-hydrogen) atoms. The van der Waals surface area contributed by atoms with Crippen molar-refractivity contribution in [1.82, 2.24) is 0 Å². The van der Waals surface area contributed by atoms with Crippen LogP contribution in [0, 0.1) is 0 Å². The molecule has 0 amide bonds. The molecule has 0 spiro atoms. The molecule has 1 unspecified atom stereocenters. The van der Waals surface area contributed by atoms with Crippen molar-refractivity contribution < 1.29 is 94.4 Å². The normalized spacial score (nSPS) is 11.8. The molecule has 0 saturated carbocycles. The number of unbranched alkanes of at least 4 members (excludes halogenated alkanes) is 13. The van der Waals surface area contributed by atoms with Crippen molar-refractivity contribution in [2.75, 3.05) is 6.61 Å². The minimum Gasteiger partial charge on any atom is -1.00 e. The largest absolute Gasteiger partial charge is 1.00 e. The molecule has 0 aliphatic carbocycles. The van der Waals surface area contributed by atoms with Crippen LogP contribution in [0.3, 0.4) is 0 Å². The average molecular weight is 471 g/mol. The predicted molar refractivity (Wildman–Crippen MR) is 111 cm³/mol. The van der Waals surface area contributed by atoms with Gasteiger partial charge in [0, 0.05) is 0 Å². The first-order chi connectivity index (χ1) is 13.3. The second-order valence-corrected chi connectivity index (χ2v) is 8.96. The molecule has 1 atom stereocenters. The number of hydrogen-bond donors (Lipinski definition) is 2. The van der Waals surface area contributed by atoms with E-state index >= 15 is 0 Å². The smallest absolute Gasteiger partial charge is 1.00 e. The van der Waals surface area contributed by atoms with E-state index in [1.54, 1.807) is 0 Å². The summed E-state index contributed by atoms with van der Waals surface area (Å²) >= 11 is 0. The Bertz CT molecular complexity index is 538. The van der Waals surface area contributed by atoms with E-state index in [1.165, 1.54) is 64.2 Å². The van der Waals surface area contributed by atoms with Crippen LogP contribution in [0.1, 0.15) is 106 Å². The van der Waals surface area contributed by atoms with Crippen LogP contribution in [-0.4, -0.2) is 41.9 Å². The molecule has 0 aliphatic heterocycles. The van der Waals surface area contributed by atoms with E-state index in [2.05, 4.69) is 6.92 Å². The van der Waals surface area contributed by atoms with Crippen molar-refractivity contribution in [2.45, 2.75) is 108 Å². The minimum absolute atomic E-state index is 0. The van der Waals surface area contributed by atoms with E-state index in [0.29, 0.717) is 6.42 Å². The third-order valence-corrected chi connectivity index (χ3v) is 5.80. The van der Waals surface area contributed by atoms with Crippen molar-refractivity contribution in [3.63, 3.8) is 0 Å². The van der Waals surface area contributed by atoms with Gasteiger partial charge in [-0.3, -0.25) is 14.1 Å². The quantitative estimate of drug-likeness (QED) is 0.107. The zero-order valence-electron chi connectivity index (χ0n) is 21.2. The summed E-state index contributed by atoms with van der Waals surface area (Å²) in [6.07, 6.45) is 15.7. The van der Waals surface area contributed by atoms with Crippen LogP contribution in [0.5, 0.6) is 0 Å². The zero-order valence-corrected chi connectivity index (χ0v) is 24.1. The fourth-order valence-corrected chi connectivity index (χ4v) is 3.70. The summed E-state index contributed by atoms with van der Waals surface area (Å²) in [4.78, 5) is 22.2. The summed E-state index contributed by atoms with van der Waals surface area (Å²) < 4.78 is 35.8. The zero-order chi connectivity index (χ0) is 21.3. The molecular formula is C20H40Na2O7S. The summed E-state index contributed by atoms with van der Waals surface area (Å²) in [7, 11) is -4.79. The number of rotatable bonds is 19. The molecular weight excluding hydrogens is 430 g/mol. The van der Waals surface area contributed by atoms with Gasteiger partial charge in [0.15, 0.2) is 5.25 Å². The van der Waals surface area contributed by atoms with Crippen LogP contribution in [0.25, 0.3) is 0 Å². The Morgan fingerprint density at radius 3 is 1.50 bits per heavy atom. The van der Waals surface area contributed by atoms with Gasteiger partial charge in [-0.05, 0) is 6.42 Å². The maximum absolute atomic E-state index is 11.6. The van der Waals surface area contributed by atoms with Gasteiger partial charge in [0.2, 0.25) is 0 Å². The molecule has 0 saturated heterocycles. The van der Waals surface area contributed by atoms with Crippen molar-refractivity contribution in [3.8, 4) is 0 Å². The van der Waals surface area contributed by atoms with Crippen LogP contribution in [0.15, 0.2) is 0 Å². The third-order valence-electron chi connectivity index (χ3n) is 4.72. The third kappa shape index (κ3) is 22.1. The van der Waals surface area contributed by atoms with Gasteiger partial charge in [-0.1, -0.05) is 90.4 Å². The predicted octanol–water partition coefficient (Wildman–Crippen LogP) is -1.02. The fraction of sp³-hybridized carbons (Fsp3) is 0.900. The Morgan fingerprint density at radius 1 is 0.800 bits per heavy atom. The monoisotopic (exact) mass is 470 g/mol. The van der Waals surface area contributed by atoms with E-state index in [9.17, 15) is 18.0 Å². The van der Waals surface area contributed by atoms with Crippen LogP contribution in [0.2, 0.25) is 0 Å². The summed E-state index contributed by atoms with van der Waals surface area (Å²) in [6, 6.07) is 0. The van der Waals surface area contributed by atoms with Crippen LogP contribution in [-0.2, 0) is 24.4 Å². The second-order valence-electron chi connectivity index (χ2n) is 7.37. The fourth-order valence-electron chi connectivity index (χ4n) is 3.03. The first kappa shape index (κ1) is 35.4. The van der Waals surface area contributed by atoms with Crippen molar-refractivity contribution >= 4 is 22.1 Å². The number of aliphatic carboxylic acids is 1. The Kier molecular flexibility index (Phi) is 27.2. The first-order valence-electron chi connectivity index (χ1n) is 10.6. The van der Waals surface area contributed by atoms with Gasteiger partial charge >= 0.3 is 71.1 Å². The van der Waals surface area contributed by atoms with Crippen molar-refractivity contribution in [2.24, 2.45) is 0 Å². The van der Waals surface area contributed by atoms with Crippen LogP contribution in [0.4, 0.5) is 0 Å². The molecule has 0 aromatic heterocycles. The van der Waals surface area contributed by atoms with E-state index in [1.807, 2.05) is 0 Å². The van der Waals surface area contributed by atoms with E-state index < -0.39 is 33.7 Å². The van der Waals surface area contributed by atoms with Crippen molar-refractivity contribution in [3.05, 3.63) is 0 Å². The maximum Gasteiger partial charge on any atom is 1.00 e. The minimum atomic E-state index is -4.79. The molecule has 7 nitrogen and oxygen atoms in total. The number of esters is 1. The summed E-state index contributed by atoms with van der Waals surface area (Å²) in [5.74, 6) is -2.70. The Morgan fingerprint density at radius 2 is 1.17 bits per heavy atom. The van der Waals surface area contributed by atoms with Gasteiger partial charge in [-0.2, -0.15) is 8.42 Å². The Labute approximate surface area is 229 Å². The molecule has 170 valence electrons. The standard InChI is InChI=1S/C20H38O7S.2Na.2H/c1-2-3-4-5-6-7-8-9-10-11-12-13-14-15-16-27-20(23)18(17-19(21)22)28(24,25)26;;;;/h18H,2-17H2,1H3,(H,21,22)(H,24,25,26);;;;/q;2*+1;2*-1. The molecule has 0 aromatic carbocycles. The second kappa shape index (κ2) is 23.0. The van der Waals surface area contributed by atoms with Gasteiger partial charge in [0.25, 0.3) is 10.1 Å². The topological polar surface area (TPSA) is 118 Å². The van der Waals surface area contributed by atoms with Crippen LogP contribution >= 0.6 is 0 Å². The van der Waals surface area contributed by atoms with Gasteiger partial charge in [0.05, 0.1) is 13.0 Å². The molecule has 0 aromatic rings. The van der Waals surface area contributed by atoms with Gasteiger partial charge in [-0.25, -0.2) is 0 Å². The maximum atomic E-state index is 11.6. The van der Waals surface area contributed by atoms with Gasteiger partial charge < -0.3 is 12.7 Å². The molecule has 0 fully saturated rings. The molecule has 0 radical (unpaired) electrons. The summed E-state index contributed by atoms with van der Waals surface area (Å²) in [5, 5.41) is 6.56. The number of carboxylic acids is 1. The number of carbonyl (C=O) groups excluding carboxylic acids is 1. The van der Waals surface area contributed by atoms with E-state index in [0.717, 1.165) is 19.3 Å². The molecule has 0 bridgehead atoms. The number of hydrogen-bond acceptors (Lipinski definition) is 5. The summed E-state index contributed by atoms with van der Waals surface area (Å²) in [6.45, 7) is 2.26. The number of ether oxygens (including phenoxy) is 1.